The van der Waals surface area contributed by atoms with E-state index in [1.165, 1.54) is 0 Å². The monoisotopic (exact) mass is 294 g/mol. The lowest BCUT2D eigenvalue weighted by molar-refractivity contribution is 0.404. The van der Waals surface area contributed by atoms with Gasteiger partial charge < -0.3 is 4.74 Å². The van der Waals surface area contributed by atoms with Gasteiger partial charge in [0, 0.05) is 28.9 Å². The van der Waals surface area contributed by atoms with Crippen LogP contribution < -0.4 is 16.0 Å². The highest BCUT2D eigenvalue weighted by molar-refractivity contribution is 6.30. The van der Waals surface area contributed by atoms with Crippen LogP contribution >= 0.6 is 11.6 Å². The summed E-state index contributed by atoms with van der Waals surface area (Å²) in [6.07, 6.45) is 0. The zero-order valence-corrected chi connectivity index (χ0v) is 12.8. The SMILES string of the molecule is COc1ccc(Cl)cc1C(NN)c1c(C)nn(C)c1C. The second-order valence-electron chi connectivity index (χ2n) is 4.69. The Morgan fingerprint density at radius 1 is 1.40 bits per heavy atom. The largest absolute Gasteiger partial charge is 0.496 e. The first-order valence-electron chi connectivity index (χ1n) is 6.29. The number of hydrogen-bond acceptors (Lipinski definition) is 4. The van der Waals surface area contributed by atoms with Crippen molar-refractivity contribution in [2.75, 3.05) is 7.11 Å². The van der Waals surface area contributed by atoms with Gasteiger partial charge in [-0.1, -0.05) is 11.6 Å². The summed E-state index contributed by atoms with van der Waals surface area (Å²) in [5, 5.41) is 5.07. The summed E-state index contributed by atoms with van der Waals surface area (Å²) in [6.45, 7) is 3.97. The number of halogens is 1. The molecular weight excluding hydrogens is 276 g/mol. The molecule has 108 valence electrons. The molecule has 3 N–H and O–H groups in total. The predicted octanol–water partition coefficient (Wildman–Crippen LogP) is 2.25. The second kappa shape index (κ2) is 5.83. The third-order valence-corrected chi connectivity index (χ3v) is 3.76. The number of aryl methyl sites for hydroxylation is 2. The lowest BCUT2D eigenvalue weighted by atomic mass is 9.97. The van der Waals surface area contributed by atoms with E-state index in [9.17, 15) is 0 Å². The van der Waals surface area contributed by atoms with Gasteiger partial charge in [-0.2, -0.15) is 5.10 Å². The van der Waals surface area contributed by atoms with Crippen molar-refractivity contribution in [3.8, 4) is 5.75 Å². The quantitative estimate of drug-likeness (QED) is 0.670. The Morgan fingerprint density at radius 3 is 2.60 bits per heavy atom. The highest BCUT2D eigenvalue weighted by atomic mass is 35.5. The summed E-state index contributed by atoms with van der Waals surface area (Å²) < 4.78 is 7.25. The number of nitrogens with one attached hydrogen (secondary N) is 1. The fourth-order valence-electron chi connectivity index (χ4n) is 2.47. The van der Waals surface area contributed by atoms with Gasteiger partial charge in [0.05, 0.1) is 18.8 Å². The van der Waals surface area contributed by atoms with E-state index in [4.69, 9.17) is 22.2 Å². The van der Waals surface area contributed by atoms with Crippen molar-refractivity contribution in [1.82, 2.24) is 15.2 Å². The minimum absolute atomic E-state index is 0.225. The molecule has 0 amide bonds. The smallest absolute Gasteiger partial charge is 0.124 e. The lowest BCUT2D eigenvalue weighted by Crippen LogP contribution is -2.30. The van der Waals surface area contributed by atoms with Crippen molar-refractivity contribution in [3.05, 3.63) is 45.7 Å². The number of benzene rings is 1. The van der Waals surface area contributed by atoms with Gasteiger partial charge in [-0.05, 0) is 32.0 Å². The average Bonchev–Trinajstić information content (AvgIpc) is 2.67. The third kappa shape index (κ3) is 2.52. The van der Waals surface area contributed by atoms with E-state index in [2.05, 4.69) is 10.5 Å². The molecule has 2 rings (SSSR count). The van der Waals surface area contributed by atoms with Gasteiger partial charge in [-0.25, -0.2) is 5.43 Å². The number of nitrogens with two attached hydrogens (primary N) is 1. The lowest BCUT2D eigenvalue weighted by Gasteiger charge is -2.20. The van der Waals surface area contributed by atoms with E-state index in [1.807, 2.05) is 37.7 Å². The first-order valence-corrected chi connectivity index (χ1v) is 6.67. The van der Waals surface area contributed by atoms with Crippen LogP contribution in [0.4, 0.5) is 0 Å². The summed E-state index contributed by atoms with van der Waals surface area (Å²) >= 11 is 6.10. The van der Waals surface area contributed by atoms with E-state index in [-0.39, 0.29) is 6.04 Å². The Labute approximate surface area is 123 Å². The van der Waals surface area contributed by atoms with Gasteiger partial charge in [-0.3, -0.25) is 10.5 Å². The Balaban J connectivity index is 2.61. The molecule has 0 fully saturated rings. The van der Waals surface area contributed by atoms with Gasteiger partial charge in [-0.15, -0.1) is 0 Å². The van der Waals surface area contributed by atoms with Crippen molar-refractivity contribution in [2.24, 2.45) is 12.9 Å². The fourth-order valence-corrected chi connectivity index (χ4v) is 2.65. The molecule has 1 heterocycles. The van der Waals surface area contributed by atoms with Crippen LogP contribution in [-0.2, 0) is 7.05 Å². The molecule has 20 heavy (non-hydrogen) atoms. The van der Waals surface area contributed by atoms with Gasteiger partial charge in [0.15, 0.2) is 0 Å². The van der Waals surface area contributed by atoms with Crippen LogP contribution in [0.2, 0.25) is 5.02 Å². The highest BCUT2D eigenvalue weighted by Crippen LogP contribution is 2.34. The van der Waals surface area contributed by atoms with Crippen molar-refractivity contribution in [3.63, 3.8) is 0 Å². The van der Waals surface area contributed by atoms with Crippen molar-refractivity contribution >= 4 is 11.6 Å². The number of ether oxygens (including phenoxy) is 1. The van der Waals surface area contributed by atoms with Gasteiger partial charge in [0.25, 0.3) is 0 Å². The summed E-state index contributed by atoms with van der Waals surface area (Å²) in [6, 6.07) is 5.26. The van der Waals surface area contributed by atoms with Crippen molar-refractivity contribution < 1.29 is 4.74 Å². The van der Waals surface area contributed by atoms with E-state index in [0.717, 1.165) is 28.3 Å². The normalized spacial score (nSPS) is 12.5. The summed E-state index contributed by atoms with van der Waals surface area (Å²) in [7, 11) is 3.54. The molecule has 2 aromatic rings. The van der Waals surface area contributed by atoms with E-state index in [0.29, 0.717) is 5.02 Å². The molecule has 0 saturated heterocycles. The molecule has 0 radical (unpaired) electrons. The van der Waals surface area contributed by atoms with Crippen LogP contribution in [0.1, 0.15) is 28.6 Å². The molecule has 1 aromatic carbocycles. The molecule has 0 aliphatic carbocycles. The predicted molar refractivity (Wildman–Crippen MR) is 79.9 cm³/mol. The zero-order chi connectivity index (χ0) is 14.9. The molecular formula is C14H19ClN4O. The summed E-state index contributed by atoms with van der Waals surface area (Å²) in [5.74, 6) is 6.51. The van der Waals surface area contributed by atoms with Crippen LogP contribution in [0.3, 0.4) is 0 Å². The number of methoxy groups -OCH3 is 1. The molecule has 1 aromatic heterocycles. The zero-order valence-electron chi connectivity index (χ0n) is 12.1. The van der Waals surface area contributed by atoms with Gasteiger partial charge in [0.2, 0.25) is 0 Å². The molecule has 5 nitrogen and oxygen atoms in total. The number of hydrazine groups is 1. The van der Waals surface area contributed by atoms with E-state index in [1.54, 1.807) is 13.2 Å². The minimum atomic E-state index is -0.225. The third-order valence-electron chi connectivity index (χ3n) is 3.52. The van der Waals surface area contributed by atoms with Crippen LogP contribution in [0, 0.1) is 13.8 Å². The van der Waals surface area contributed by atoms with E-state index < -0.39 is 0 Å². The standard InChI is InChI=1S/C14H19ClN4O/c1-8-13(9(2)19(3)18-8)14(17-16)11-7-10(15)5-6-12(11)20-4/h5-7,14,17H,16H2,1-4H3. The topological polar surface area (TPSA) is 65.1 Å². The Hall–Kier alpha value is -1.56. The first-order chi connectivity index (χ1) is 9.49. The van der Waals surface area contributed by atoms with Crippen LogP contribution in [0.5, 0.6) is 5.75 Å². The Bertz CT molecular complexity index is 624. The Morgan fingerprint density at radius 2 is 2.10 bits per heavy atom. The maximum Gasteiger partial charge on any atom is 0.124 e. The molecule has 6 heteroatoms. The van der Waals surface area contributed by atoms with E-state index >= 15 is 0 Å². The highest BCUT2D eigenvalue weighted by Gasteiger charge is 2.23. The first kappa shape index (κ1) is 14.8. The van der Waals surface area contributed by atoms with Gasteiger partial charge >= 0.3 is 0 Å². The summed E-state index contributed by atoms with van der Waals surface area (Å²) in [5.41, 5.74) is 6.74. The molecule has 0 saturated carbocycles. The van der Waals surface area contributed by atoms with Crippen LogP contribution in [-0.4, -0.2) is 16.9 Å². The minimum Gasteiger partial charge on any atom is -0.496 e. The molecule has 0 bridgehead atoms. The maximum absolute atomic E-state index is 6.10. The van der Waals surface area contributed by atoms with Gasteiger partial charge in [0.1, 0.15) is 5.75 Å². The molecule has 1 unspecified atom stereocenters. The van der Waals surface area contributed by atoms with Crippen LogP contribution in [0.25, 0.3) is 0 Å². The molecule has 0 aliphatic heterocycles. The van der Waals surface area contributed by atoms with Crippen molar-refractivity contribution in [1.29, 1.82) is 0 Å². The van der Waals surface area contributed by atoms with Crippen molar-refractivity contribution in [2.45, 2.75) is 19.9 Å². The molecule has 0 aliphatic rings. The van der Waals surface area contributed by atoms with Crippen LogP contribution in [0.15, 0.2) is 18.2 Å². The summed E-state index contributed by atoms with van der Waals surface area (Å²) in [4.78, 5) is 0. The molecule has 1 atom stereocenters. The Kier molecular flexibility index (Phi) is 4.32. The number of rotatable bonds is 4. The fraction of sp³-hybridized carbons (Fsp3) is 0.357. The maximum atomic E-state index is 6.10. The number of aromatic nitrogens is 2. The average molecular weight is 295 g/mol. The number of nitrogens with zero attached hydrogens (tertiary/aromatic N) is 2. The number of hydrogen-bond donors (Lipinski definition) is 2. The second-order valence-corrected chi connectivity index (χ2v) is 5.13. The molecule has 0 spiro atoms.